The number of carbonyl (C=O) groups is 1. The summed E-state index contributed by atoms with van der Waals surface area (Å²) >= 11 is 0. The summed E-state index contributed by atoms with van der Waals surface area (Å²) in [5, 5.41) is 0. The fraction of sp³-hybridized carbons (Fsp3) is 0.533. The van der Waals surface area contributed by atoms with Gasteiger partial charge in [0.15, 0.2) is 0 Å². The van der Waals surface area contributed by atoms with Crippen molar-refractivity contribution in [3.8, 4) is 0 Å². The van der Waals surface area contributed by atoms with Crippen molar-refractivity contribution in [3.63, 3.8) is 0 Å². The molecule has 3 heteroatoms. The van der Waals surface area contributed by atoms with Gasteiger partial charge in [0.25, 0.3) is 0 Å². The molecule has 3 atom stereocenters. The van der Waals surface area contributed by atoms with E-state index in [-0.39, 0.29) is 17.6 Å². The maximum Gasteiger partial charge on any atom is 0.143 e. The third kappa shape index (κ3) is 1.78. The summed E-state index contributed by atoms with van der Waals surface area (Å²) in [7, 11) is 0. The first-order chi connectivity index (χ1) is 8.75. The first kappa shape index (κ1) is 11.9. The van der Waals surface area contributed by atoms with Gasteiger partial charge < -0.3 is 9.47 Å². The Morgan fingerprint density at radius 2 is 2.17 bits per heavy atom. The van der Waals surface area contributed by atoms with Crippen LogP contribution in [-0.2, 0) is 20.9 Å². The van der Waals surface area contributed by atoms with Gasteiger partial charge in [-0.1, -0.05) is 37.3 Å². The number of ketones is 1. The molecule has 1 aliphatic carbocycles. The minimum atomic E-state index is -0.351. The fourth-order valence-corrected chi connectivity index (χ4v) is 3.09. The van der Waals surface area contributed by atoms with Crippen molar-refractivity contribution in [3.05, 3.63) is 35.9 Å². The summed E-state index contributed by atoms with van der Waals surface area (Å²) in [6.45, 7) is 3.16. The highest BCUT2D eigenvalue weighted by Gasteiger charge is 2.59. The Hall–Kier alpha value is -1.19. The van der Waals surface area contributed by atoms with Gasteiger partial charge in [-0.2, -0.15) is 0 Å². The molecule has 0 unspecified atom stereocenters. The van der Waals surface area contributed by atoms with Crippen LogP contribution >= 0.6 is 0 Å². The molecule has 3 rings (SSSR count). The molecule has 18 heavy (non-hydrogen) atoms. The predicted molar refractivity (Wildman–Crippen MR) is 67.1 cm³/mol. The lowest BCUT2D eigenvalue weighted by atomic mass is 9.96. The minimum absolute atomic E-state index is 0.0475. The van der Waals surface area contributed by atoms with Gasteiger partial charge in [-0.05, 0) is 12.0 Å². The monoisotopic (exact) mass is 246 g/mol. The van der Waals surface area contributed by atoms with Crippen molar-refractivity contribution >= 4 is 5.78 Å². The molecule has 0 radical (unpaired) electrons. The van der Waals surface area contributed by atoms with Crippen molar-refractivity contribution < 1.29 is 14.3 Å². The van der Waals surface area contributed by atoms with Crippen LogP contribution in [0, 0.1) is 5.92 Å². The SMILES string of the molecule is CC[C@@]12CC(=O)[C@@H](CO1)[C@@H]2OCc1ccccc1. The predicted octanol–water partition coefficient (Wildman–Crippen LogP) is 2.34. The average Bonchev–Trinajstić information content (AvgIpc) is 2.89. The summed E-state index contributed by atoms with van der Waals surface area (Å²) < 4.78 is 11.8. The molecule has 0 aromatic heterocycles. The molecule has 1 aromatic carbocycles. The molecule has 3 nitrogen and oxygen atoms in total. The second kappa shape index (κ2) is 4.48. The number of fused-ring (bicyclic) bond motifs is 2. The number of hydrogen-bond donors (Lipinski definition) is 0. The van der Waals surface area contributed by atoms with E-state index >= 15 is 0 Å². The lowest BCUT2D eigenvalue weighted by Crippen LogP contribution is -2.37. The molecule has 0 N–H and O–H groups in total. The van der Waals surface area contributed by atoms with Crippen LogP contribution in [0.15, 0.2) is 30.3 Å². The fourth-order valence-electron chi connectivity index (χ4n) is 3.09. The van der Waals surface area contributed by atoms with Crippen LogP contribution < -0.4 is 0 Å². The normalized spacial score (nSPS) is 34.2. The standard InChI is InChI=1S/C15H18O3/c1-2-15-8-13(16)12(10-18-15)14(15)17-9-11-6-4-3-5-7-11/h3-7,12,14H,2,8-10H2,1H3/t12-,14+,15+/m1/s1. The van der Waals surface area contributed by atoms with Crippen molar-refractivity contribution in [1.29, 1.82) is 0 Å². The number of rotatable bonds is 4. The summed E-state index contributed by atoms with van der Waals surface area (Å²) in [5.41, 5.74) is 0.791. The Kier molecular flexibility index (Phi) is 2.96. The van der Waals surface area contributed by atoms with Gasteiger partial charge in [0.05, 0.1) is 25.2 Å². The van der Waals surface area contributed by atoms with Gasteiger partial charge in [-0.3, -0.25) is 4.79 Å². The Labute approximate surface area is 107 Å². The van der Waals surface area contributed by atoms with Crippen molar-refractivity contribution in [2.24, 2.45) is 5.92 Å². The molecule has 2 bridgehead atoms. The number of Topliss-reactive ketones (excluding diaryl/α,β-unsaturated/α-hetero) is 1. The van der Waals surface area contributed by atoms with E-state index in [2.05, 4.69) is 6.92 Å². The lowest BCUT2D eigenvalue weighted by Gasteiger charge is -2.28. The Morgan fingerprint density at radius 1 is 1.39 bits per heavy atom. The van der Waals surface area contributed by atoms with Crippen LogP contribution in [0.4, 0.5) is 0 Å². The molecular weight excluding hydrogens is 228 g/mol. The van der Waals surface area contributed by atoms with E-state index in [1.54, 1.807) is 0 Å². The van der Waals surface area contributed by atoms with E-state index in [0.717, 1.165) is 12.0 Å². The van der Waals surface area contributed by atoms with Crippen LogP contribution in [0.2, 0.25) is 0 Å². The van der Waals surface area contributed by atoms with E-state index in [0.29, 0.717) is 25.4 Å². The maximum absolute atomic E-state index is 11.9. The molecule has 96 valence electrons. The molecule has 1 heterocycles. The van der Waals surface area contributed by atoms with Gasteiger partial charge in [-0.15, -0.1) is 0 Å². The Morgan fingerprint density at radius 3 is 2.83 bits per heavy atom. The van der Waals surface area contributed by atoms with Crippen LogP contribution in [0.5, 0.6) is 0 Å². The second-order valence-electron chi connectivity index (χ2n) is 5.20. The highest BCUT2D eigenvalue weighted by molar-refractivity contribution is 5.87. The van der Waals surface area contributed by atoms with Crippen molar-refractivity contribution in [1.82, 2.24) is 0 Å². The average molecular weight is 246 g/mol. The number of ether oxygens (including phenoxy) is 2. The van der Waals surface area contributed by atoms with Gasteiger partial charge in [0, 0.05) is 6.42 Å². The first-order valence-electron chi connectivity index (χ1n) is 6.57. The first-order valence-corrected chi connectivity index (χ1v) is 6.57. The van der Waals surface area contributed by atoms with Crippen molar-refractivity contribution in [2.45, 2.75) is 38.1 Å². The number of benzene rings is 1. The van der Waals surface area contributed by atoms with E-state index in [9.17, 15) is 4.79 Å². The van der Waals surface area contributed by atoms with Gasteiger partial charge in [0.1, 0.15) is 11.4 Å². The number of hydrogen-bond acceptors (Lipinski definition) is 3. The molecule has 1 aromatic rings. The maximum atomic E-state index is 11.9. The molecule has 1 aliphatic heterocycles. The topological polar surface area (TPSA) is 35.5 Å². The third-order valence-electron chi connectivity index (χ3n) is 4.19. The summed E-state index contributed by atoms with van der Waals surface area (Å²) in [5.74, 6) is 0.259. The lowest BCUT2D eigenvalue weighted by molar-refractivity contribution is -0.130. The van der Waals surface area contributed by atoms with Crippen molar-refractivity contribution in [2.75, 3.05) is 6.61 Å². The van der Waals surface area contributed by atoms with E-state index in [1.807, 2.05) is 30.3 Å². The zero-order chi connectivity index (χ0) is 12.6. The number of carbonyl (C=O) groups excluding carboxylic acids is 1. The van der Waals surface area contributed by atoms with Crippen LogP contribution in [0.1, 0.15) is 25.3 Å². The smallest absolute Gasteiger partial charge is 0.143 e. The quantitative estimate of drug-likeness (QED) is 0.818. The van der Waals surface area contributed by atoms with E-state index in [4.69, 9.17) is 9.47 Å². The molecule has 1 saturated heterocycles. The van der Waals surface area contributed by atoms with E-state index in [1.165, 1.54) is 0 Å². The van der Waals surface area contributed by atoms with Crippen LogP contribution in [0.3, 0.4) is 0 Å². The van der Waals surface area contributed by atoms with Gasteiger partial charge in [0.2, 0.25) is 0 Å². The zero-order valence-corrected chi connectivity index (χ0v) is 10.6. The van der Waals surface area contributed by atoms with Crippen LogP contribution in [-0.4, -0.2) is 24.1 Å². The summed E-state index contributed by atoms with van der Waals surface area (Å²) in [4.78, 5) is 11.9. The van der Waals surface area contributed by atoms with Gasteiger partial charge in [-0.25, -0.2) is 0 Å². The van der Waals surface area contributed by atoms with E-state index < -0.39 is 0 Å². The molecule has 2 aliphatic rings. The highest BCUT2D eigenvalue weighted by atomic mass is 16.6. The Bertz CT molecular complexity index is 442. The van der Waals surface area contributed by atoms with Crippen LogP contribution in [0.25, 0.3) is 0 Å². The zero-order valence-electron chi connectivity index (χ0n) is 10.6. The Balaban J connectivity index is 1.71. The largest absolute Gasteiger partial charge is 0.371 e. The molecule has 0 spiro atoms. The third-order valence-corrected chi connectivity index (χ3v) is 4.19. The highest BCUT2D eigenvalue weighted by Crippen LogP contribution is 2.46. The molecule has 1 saturated carbocycles. The summed E-state index contributed by atoms with van der Waals surface area (Å²) in [6, 6.07) is 10.1. The minimum Gasteiger partial charge on any atom is -0.371 e. The summed E-state index contributed by atoms with van der Waals surface area (Å²) in [6.07, 6.45) is 1.30. The van der Waals surface area contributed by atoms with Gasteiger partial charge >= 0.3 is 0 Å². The second-order valence-corrected chi connectivity index (χ2v) is 5.20. The molecular formula is C15H18O3. The molecule has 2 fully saturated rings. The molecule has 0 amide bonds.